The summed E-state index contributed by atoms with van der Waals surface area (Å²) >= 11 is 0. The lowest BCUT2D eigenvalue weighted by Gasteiger charge is -2.07. The number of hydrogen-bond acceptors (Lipinski definition) is 4. The predicted octanol–water partition coefficient (Wildman–Crippen LogP) is 3.38. The predicted molar refractivity (Wildman–Crippen MR) is 97.5 cm³/mol. The third kappa shape index (κ3) is 3.87. The van der Waals surface area contributed by atoms with E-state index >= 15 is 0 Å². The molecule has 0 aliphatic carbocycles. The van der Waals surface area contributed by atoms with Crippen molar-refractivity contribution < 1.29 is 23.5 Å². The van der Waals surface area contributed by atoms with Crippen LogP contribution >= 0.6 is 0 Å². The van der Waals surface area contributed by atoms with Gasteiger partial charge in [-0.25, -0.2) is 9.18 Å². The molecule has 0 saturated heterocycles. The number of aromatic nitrogens is 1. The highest BCUT2D eigenvalue weighted by molar-refractivity contribution is 6.04. The van der Waals surface area contributed by atoms with Gasteiger partial charge < -0.3 is 14.5 Å². The van der Waals surface area contributed by atoms with Crippen LogP contribution in [0.5, 0.6) is 0 Å². The van der Waals surface area contributed by atoms with Gasteiger partial charge in [-0.1, -0.05) is 12.1 Å². The molecule has 7 heteroatoms. The number of halogens is 1. The third-order valence-electron chi connectivity index (χ3n) is 4.05. The molecule has 0 unspecified atom stereocenters. The fourth-order valence-corrected chi connectivity index (χ4v) is 2.66. The minimum Gasteiger partial charge on any atom is -0.452 e. The first-order valence-corrected chi connectivity index (χ1v) is 8.21. The number of benzene rings is 1. The van der Waals surface area contributed by atoms with Gasteiger partial charge in [-0.2, -0.15) is 0 Å². The van der Waals surface area contributed by atoms with Crippen LogP contribution in [0.2, 0.25) is 0 Å². The summed E-state index contributed by atoms with van der Waals surface area (Å²) in [5.41, 5.74) is 1.77. The molecule has 0 atom stereocenters. The number of anilines is 1. The van der Waals surface area contributed by atoms with E-state index < -0.39 is 24.3 Å². The largest absolute Gasteiger partial charge is 0.452 e. The van der Waals surface area contributed by atoms with E-state index in [9.17, 15) is 18.8 Å². The molecule has 138 valence electrons. The second-order valence-corrected chi connectivity index (χ2v) is 6.04. The van der Waals surface area contributed by atoms with Crippen LogP contribution in [0.1, 0.15) is 33.3 Å². The van der Waals surface area contributed by atoms with Gasteiger partial charge in [0.1, 0.15) is 5.82 Å². The maximum Gasteiger partial charge on any atom is 0.340 e. The Kier molecular flexibility index (Phi) is 5.03. The van der Waals surface area contributed by atoms with Crippen molar-refractivity contribution in [1.82, 2.24) is 4.40 Å². The van der Waals surface area contributed by atoms with Crippen LogP contribution in [0, 0.1) is 12.7 Å². The molecule has 1 N–H and O–H groups in total. The summed E-state index contributed by atoms with van der Waals surface area (Å²) < 4.78 is 20.2. The lowest BCUT2D eigenvalue weighted by atomic mass is 10.2. The molecule has 0 fully saturated rings. The van der Waals surface area contributed by atoms with Crippen molar-refractivity contribution in [2.75, 3.05) is 11.9 Å². The van der Waals surface area contributed by atoms with Crippen LogP contribution in [0.3, 0.4) is 0 Å². The number of rotatable bonds is 5. The fraction of sp³-hybridized carbons (Fsp3) is 0.150. The molecule has 6 nitrogen and oxygen atoms in total. The van der Waals surface area contributed by atoms with E-state index in [-0.39, 0.29) is 17.0 Å². The number of ether oxygens (including phenoxy) is 1. The first-order chi connectivity index (χ1) is 12.9. The topological polar surface area (TPSA) is 76.9 Å². The number of carbonyl (C=O) groups is 3. The molecule has 3 aromatic rings. The van der Waals surface area contributed by atoms with Gasteiger partial charge in [0.15, 0.2) is 12.4 Å². The molecule has 1 amide bonds. The summed E-state index contributed by atoms with van der Waals surface area (Å²) in [6.45, 7) is 2.48. The Bertz CT molecular complexity index is 1060. The number of amides is 1. The van der Waals surface area contributed by atoms with Gasteiger partial charge >= 0.3 is 5.97 Å². The SMILES string of the molecule is CC(=O)c1cc(C(=O)OCC(=O)Nc2ccc(C)c(F)c2)c2ccccn12. The van der Waals surface area contributed by atoms with Crippen LogP contribution in [0.4, 0.5) is 10.1 Å². The van der Waals surface area contributed by atoms with Crippen molar-refractivity contribution in [3.8, 4) is 0 Å². The van der Waals surface area contributed by atoms with E-state index in [4.69, 9.17) is 4.74 Å². The summed E-state index contributed by atoms with van der Waals surface area (Å²) in [4.78, 5) is 36.1. The Balaban J connectivity index is 1.70. The molecular formula is C20H17FN2O4. The molecule has 1 aromatic carbocycles. The van der Waals surface area contributed by atoms with Gasteiger partial charge in [0.2, 0.25) is 0 Å². The number of hydrogen-bond donors (Lipinski definition) is 1. The highest BCUT2D eigenvalue weighted by Crippen LogP contribution is 2.19. The number of pyridine rings is 1. The first-order valence-electron chi connectivity index (χ1n) is 8.21. The molecule has 3 rings (SSSR count). The maximum atomic E-state index is 13.5. The quantitative estimate of drug-likeness (QED) is 0.553. The van der Waals surface area contributed by atoms with Crippen LogP contribution in [-0.2, 0) is 9.53 Å². The highest BCUT2D eigenvalue weighted by atomic mass is 19.1. The average Bonchev–Trinajstić information content (AvgIpc) is 3.03. The Morgan fingerprint density at radius 3 is 2.63 bits per heavy atom. The lowest BCUT2D eigenvalue weighted by molar-refractivity contribution is -0.119. The zero-order chi connectivity index (χ0) is 19.6. The normalized spacial score (nSPS) is 10.6. The maximum absolute atomic E-state index is 13.5. The van der Waals surface area contributed by atoms with E-state index in [1.807, 2.05) is 0 Å². The lowest BCUT2D eigenvalue weighted by Crippen LogP contribution is -2.21. The minimum absolute atomic E-state index is 0.190. The van der Waals surface area contributed by atoms with Crippen molar-refractivity contribution in [3.05, 3.63) is 71.3 Å². The van der Waals surface area contributed by atoms with Crippen molar-refractivity contribution in [1.29, 1.82) is 0 Å². The number of nitrogens with zero attached hydrogens (tertiary/aromatic N) is 1. The van der Waals surface area contributed by atoms with Crippen LogP contribution in [0.25, 0.3) is 5.52 Å². The Hall–Kier alpha value is -3.48. The smallest absolute Gasteiger partial charge is 0.340 e. The van der Waals surface area contributed by atoms with Gasteiger partial charge in [-0.15, -0.1) is 0 Å². The number of esters is 1. The van der Waals surface area contributed by atoms with Crippen LogP contribution in [-0.4, -0.2) is 28.7 Å². The first kappa shape index (κ1) is 18.3. The molecule has 2 heterocycles. The van der Waals surface area contributed by atoms with Crippen molar-refractivity contribution >= 4 is 28.9 Å². The van der Waals surface area contributed by atoms with Crippen LogP contribution in [0.15, 0.2) is 48.7 Å². The standard InChI is InChI=1S/C20H17FN2O4/c1-12-6-7-14(9-16(12)21)22-19(25)11-27-20(26)15-10-18(13(2)24)23-8-4-3-5-17(15)23/h3-10H,11H2,1-2H3,(H,22,25). The number of nitrogens with one attached hydrogen (secondary N) is 1. The Morgan fingerprint density at radius 2 is 1.93 bits per heavy atom. The summed E-state index contributed by atoms with van der Waals surface area (Å²) in [5.74, 6) is -1.96. The second kappa shape index (κ2) is 7.41. The zero-order valence-corrected chi connectivity index (χ0v) is 14.8. The van der Waals surface area contributed by atoms with Crippen molar-refractivity contribution in [2.45, 2.75) is 13.8 Å². The molecule has 0 bridgehead atoms. The second-order valence-electron chi connectivity index (χ2n) is 6.04. The third-order valence-corrected chi connectivity index (χ3v) is 4.05. The van der Waals surface area contributed by atoms with Gasteiger partial charge in [0.05, 0.1) is 16.8 Å². The van der Waals surface area contributed by atoms with E-state index in [2.05, 4.69) is 5.32 Å². The summed E-state index contributed by atoms with van der Waals surface area (Å²) in [6, 6.07) is 10.9. The van der Waals surface area contributed by atoms with E-state index in [0.717, 1.165) is 0 Å². The molecule has 2 aromatic heterocycles. The highest BCUT2D eigenvalue weighted by Gasteiger charge is 2.19. The van der Waals surface area contributed by atoms with E-state index in [1.54, 1.807) is 41.8 Å². The zero-order valence-electron chi connectivity index (χ0n) is 14.8. The number of Topliss-reactive ketones (excluding diaryl/α,β-unsaturated/α-hetero) is 1. The van der Waals surface area contributed by atoms with Gasteiger partial charge in [0, 0.05) is 18.8 Å². The van der Waals surface area contributed by atoms with Crippen molar-refractivity contribution in [3.63, 3.8) is 0 Å². The van der Waals surface area contributed by atoms with Crippen molar-refractivity contribution in [2.24, 2.45) is 0 Å². The molecule has 0 radical (unpaired) electrons. The molecular weight excluding hydrogens is 351 g/mol. The number of aryl methyl sites for hydroxylation is 1. The molecule has 27 heavy (non-hydrogen) atoms. The average molecular weight is 368 g/mol. The Labute approximate surface area is 154 Å². The summed E-state index contributed by atoms with van der Waals surface area (Å²) in [7, 11) is 0. The summed E-state index contributed by atoms with van der Waals surface area (Å²) in [5, 5.41) is 2.46. The Morgan fingerprint density at radius 1 is 1.15 bits per heavy atom. The number of ketones is 1. The summed E-state index contributed by atoms with van der Waals surface area (Å²) in [6.07, 6.45) is 1.67. The molecule has 0 aliphatic rings. The molecule has 0 spiro atoms. The fourth-order valence-electron chi connectivity index (χ4n) is 2.66. The van der Waals surface area contributed by atoms with E-state index in [1.165, 1.54) is 25.1 Å². The van der Waals surface area contributed by atoms with E-state index in [0.29, 0.717) is 16.8 Å². The minimum atomic E-state index is -0.726. The number of fused-ring (bicyclic) bond motifs is 1. The molecule has 0 saturated carbocycles. The molecule has 0 aliphatic heterocycles. The van der Waals surface area contributed by atoms with Gasteiger partial charge in [-0.05, 0) is 42.8 Å². The van der Waals surface area contributed by atoms with Gasteiger partial charge in [0.25, 0.3) is 5.91 Å². The van der Waals surface area contributed by atoms with Crippen LogP contribution < -0.4 is 5.32 Å². The van der Waals surface area contributed by atoms with Gasteiger partial charge in [-0.3, -0.25) is 9.59 Å². The monoisotopic (exact) mass is 368 g/mol. The number of carbonyl (C=O) groups excluding carboxylic acids is 3.